The summed E-state index contributed by atoms with van der Waals surface area (Å²) < 4.78 is 11.2. The van der Waals surface area contributed by atoms with E-state index in [9.17, 15) is 9.59 Å². The Hall–Kier alpha value is -1.92. The van der Waals surface area contributed by atoms with Crippen molar-refractivity contribution in [2.24, 2.45) is 0 Å². The normalized spacial score (nSPS) is 11.4. The molecule has 0 bridgehead atoms. The first-order valence-electron chi connectivity index (χ1n) is 19.4. The molecular weight excluding hydrogens is 572 g/mol. The number of hydrogen-bond acceptors (Lipinski definition) is 6. The van der Waals surface area contributed by atoms with Crippen LogP contribution in [0.3, 0.4) is 0 Å². The number of esters is 2. The zero-order chi connectivity index (χ0) is 33.5. The number of benzene rings is 1. The van der Waals surface area contributed by atoms with Gasteiger partial charge in [0, 0.05) is 13.1 Å². The molecular formula is C40H72N2O4. The Kier molecular flexibility index (Phi) is 27.8. The number of carbonyl (C=O) groups is 2. The number of likely N-dealkylation sites (N-methyl/N-ethyl adjacent to an activating group) is 2. The minimum Gasteiger partial charge on any atom is -0.461 e. The van der Waals surface area contributed by atoms with Crippen molar-refractivity contribution in [1.82, 2.24) is 9.80 Å². The monoisotopic (exact) mass is 645 g/mol. The Bertz CT molecular complexity index is 792. The highest BCUT2D eigenvalue weighted by molar-refractivity contribution is 6.03. The molecule has 0 spiro atoms. The van der Waals surface area contributed by atoms with Gasteiger partial charge in [-0.25, -0.2) is 9.59 Å². The smallest absolute Gasteiger partial charge is 0.339 e. The Morgan fingerprint density at radius 3 is 1.07 bits per heavy atom. The maximum atomic E-state index is 12.9. The third kappa shape index (κ3) is 21.8. The highest BCUT2D eigenvalue weighted by atomic mass is 16.5. The van der Waals surface area contributed by atoms with Gasteiger partial charge < -0.3 is 19.3 Å². The molecule has 0 saturated carbocycles. The van der Waals surface area contributed by atoms with Crippen LogP contribution in [0.2, 0.25) is 0 Å². The van der Waals surface area contributed by atoms with Gasteiger partial charge in [0.25, 0.3) is 0 Å². The van der Waals surface area contributed by atoms with Gasteiger partial charge in [0.1, 0.15) is 13.2 Å². The quantitative estimate of drug-likeness (QED) is 0.0574. The zero-order valence-corrected chi connectivity index (χ0v) is 30.6. The van der Waals surface area contributed by atoms with Crippen molar-refractivity contribution in [3.63, 3.8) is 0 Å². The Labute approximate surface area is 284 Å². The third-order valence-corrected chi connectivity index (χ3v) is 9.20. The molecule has 0 heterocycles. The molecule has 0 N–H and O–H groups in total. The maximum Gasteiger partial charge on any atom is 0.339 e. The molecule has 266 valence electrons. The lowest BCUT2D eigenvalue weighted by molar-refractivity contribution is 0.0417. The van der Waals surface area contributed by atoms with E-state index in [0.29, 0.717) is 26.3 Å². The van der Waals surface area contributed by atoms with E-state index in [4.69, 9.17) is 9.47 Å². The van der Waals surface area contributed by atoms with Crippen molar-refractivity contribution in [3.05, 3.63) is 35.4 Å². The lowest BCUT2D eigenvalue weighted by Gasteiger charge is -2.20. The van der Waals surface area contributed by atoms with E-state index in [1.54, 1.807) is 24.3 Å². The molecule has 6 heteroatoms. The van der Waals surface area contributed by atoms with E-state index >= 15 is 0 Å². The first-order chi connectivity index (χ1) is 22.6. The van der Waals surface area contributed by atoms with Crippen LogP contribution < -0.4 is 0 Å². The molecule has 0 amide bonds. The van der Waals surface area contributed by atoms with Gasteiger partial charge in [-0.05, 0) is 51.2 Å². The summed E-state index contributed by atoms with van der Waals surface area (Å²) in [5.74, 6) is -0.919. The lowest BCUT2D eigenvalue weighted by Crippen LogP contribution is -2.30. The number of nitrogens with zero attached hydrogens (tertiary/aromatic N) is 2. The summed E-state index contributed by atoms with van der Waals surface area (Å²) in [6.07, 6.45) is 26.6. The molecule has 0 saturated heterocycles. The Morgan fingerprint density at radius 1 is 0.457 bits per heavy atom. The molecule has 0 aromatic heterocycles. The van der Waals surface area contributed by atoms with Crippen LogP contribution in [0.15, 0.2) is 24.3 Å². The molecule has 46 heavy (non-hydrogen) atoms. The first kappa shape index (κ1) is 42.1. The number of carbonyl (C=O) groups excluding carboxylic acids is 2. The molecule has 6 nitrogen and oxygen atoms in total. The van der Waals surface area contributed by atoms with E-state index in [1.807, 2.05) is 0 Å². The predicted octanol–water partition coefficient (Wildman–Crippen LogP) is 10.5. The minimum atomic E-state index is -0.460. The highest BCUT2D eigenvalue weighted by Gasteiger charge is 2.19. The van der Waals surface area contributed by atoms with Crippen LogP contribution in [0.1, 0.15) is 177 Å². The van der Waals surface area contributed by atoms with Crippen LogP contribution in [0.25, 0.3) is 0 Å². The van der Waals surface area contributed by atoms with Crippen LogP contribution in [-0.4, -0.2) is 74.2 Å². The molecule has 0 aliphatic heterocycles. The fraction of sp³-hybridized carbons (Fsp3) is 0.800. The number of rotatable bonds is 32. The van der Waals surface area contributed by atoms with Crippen LogP contribution in [0.4, 0.5) is 0 Å². The molecule has 1 aromatic rings. The summed E-state index contributed by atoms with van der Waals surface area (Å²) in [6, 6.07) is 6.85. The lowest BCUT2D eigenvalue weighted by atomic mass is 10.1. The largest absolute Gasteiger partial charge is 0.461 e. The minimum absolute atomic E-state index is 0.281. The molecule has 1 rings (SSSR count). The van der Waals surface area contributed by atoms with Gasteiger partial charge in [-0.15, -0.1) is 0 Å². The first-order valence-corrected chi connectivity index (χ1v) is 19.4. The zero-order valence-electron chi connectivity index (χ0n) is 30.6. The second-order valence-electron chi connectivity index (χ2n) is 13.0. The van der Waals surface area contributed by atoms with Crippen LogP contribution >= 0.6 is 0 Å². The topological polar surface area (TPSA) is 59.1 Å². The number of hydrogen-bond donors (Lipinski definition) is 0. The summed E-state index contributed by atoms with van der Waals surface area (Å²) in [6.45, 7) is 14.8. The number of unbranched alkanes of at least 4 members (excludes halogenated alkanes) is 18. The summed E-state index contributed by atoms with van der Waals surface area (Å²) in [4.78, 5) is 30.5. The van der Waals surface area contributed by atoms with E-state index < -0.39 is 11.9 Å². The van der Waals surface area contributed by atoms with Gasteiger partial charge in [-0.1, -0.05) is 155 Å². The summed E-state index contributed by atoms with van der Waals surface area (Å²) in [5.41, 5.74) is 0.561. The highest BCUT2D eigenvalue weighted by Crippen LogP contribution is 2.14. The fourth-order valence-corrected chi connectivity index (χ4v) is 6.03. The second kappa shape index (κ2) is 30.4. The van der Waals surface area contributed by atoms with Gasteiger partial charge in [-0.2, -0.15) is 0 Å². The molecule has 1 aromatic carbocycles. The van der Waals surface area contributed by atoms with Gasteiger partial charge in [0.15, 0.2) is 0 Å². The van der Waals surface area contributed by atoms with Crippen LogP contribution in [-0.2, 0) is 9.47 Å². The molecule has 0 unspecified atom stereocenters. The van der Waals surface area contributed by atoms with Crippen molar-refractivity contribution >= 4 is 11.9 Å². The molecule has 0 fully saturated rings. The second-order valence-corrected chi connectivity index (χ2v) is 13.0. The van der Waals surface area contributed by atoms with Crippen molar-refractivity contribution in [2.75, 3.05) is 52.5 Å². The van der Waals surface area contributed by atoms with E-state index in [2.05, 4.69) is 37.5 Å². The van der Waals surface area contributed by atoms with Crippen LogP contribution in [0, 0.1) is 0 Å². The summed E-state index contributed by atoms with van der Waals surface area (Å²) in [7, 11) is 0. The van der Waals surface area contributed by atoms with Crippen LogP contribution in [0.5, 0.6) is 0 Å². The average Bonchev–Trinajstić information content (AvgIpc) is 3.08. The molecule has 0 aliphatic carbocycles. The standard InChI is InChI=1S/C40H72N2O4/c1-5-9-11-13-15-17-19-21-23-27-31-41(7-3)33-35-45-39(43)37-29-25-26-30-38(37)40(44)46-36-34-42(8-4)32-28-24-22-20-18-16-14-12-10-6-2/h25-26,29-30H,5-24,27-28,31-36H2,1-4H3. The average molecular weight is 645 g/mol. The molecule has 0 radical (unpaired) electrons. The summed E-state index contributed by atoms with van der Waals surface area (Å²) in [5, 5.41) is 0. The van der Waals surface area contributed by atoms with E-state index in [-0.39, 0.29) is 11.1 Å². The maximum absolute atomic E-state index is 12.9. The van der Waals surface area contributed by atoms with Crippen molar-refractivity contribution in [3.8, 4) is 0 Å². The third-order valence-electron chi connectivity index (χ3n) is 9.20. The summed E-state index contributed by atoms with van der Waals surface area (Å²) >= 11 is 0. The van der Waals surface area contributed by atoms with E-state index in [1.165, 1.54) is 128 Å². The van der Waals surface area contributed by atoms with Gasteiger partial charge in [0.2, 0.25) is 0 Å². The van der Waals surface area contributed by atoms with Gasteiger partial charge in [-0.3, -0.25) is 0 Å². The van der Waals surface area contributed by atoms with E-state index in [0.717, 1.165) is 26.2 Å². The predicted molar refractivity (Wildman–Crippen MR) is 195 cm³/mol. The number of ether oxygens (including phenoxy) is 2. The SMILES string of the molecule is CCCCCCCCCCCCN(CC)CCOC(=O)c1ccccc1C(=O)OCCN(CC)CCCCCCCCCCCC. The van der Waals surface area contributed by atoms with Crippen molar-refractivity contribution < 1.29 is 19.1 Å². The fourth-order valence-electron chi connectivity index (χ4n) is 6.03. The van der Waals surface area contributed by atoms with Crippen molar-refractivity contribution in [1.29, 1.82) is 0 Å². The molecule has 0 atom stereocenters. The Morgan fingerprint density at radius 2 is 0.761 bits per heavy atom. The molecule has 0 aliphatic rings. The van der Waals surface area contributed by atoms with Gasteiger partial charge >= 0.3 is 11.9 Å². The van der Waals surface area contributed by atoms with Crippen molar-refractivity contribution in [2.45, 2.75) is 156 Å². The van der Waals surface area contributed by atoms with Gasteiger partial charge in [0.05, 0.1) is 11.1 Å². The Balaban J connectivity index is 2.28.